The maximum atomic E-state index is 14.5. The largest absolute Gasteiger partial charge is 0.368 e. The number of rotatable bonds is 7. The Labute approximate surface area is 182 Å². The van der Waals surface area contributed by atoms with Crippen LogP contribution >= 0.6 is 0 Å². The molecule has 0 saturated carbocycles. The number of nitrogens with one attached hydrogen (secondary N) is 3. The van der Waals surface area contributed by atoms with E-state index < -0.39 is 11.6 Å². The number of hydrogen-bond acceptors (Lipinski definition) is 7. The molecule has 1 aromatic carbocycles. The Hall–Kier alpha value is -4.39. The second-order valence-corrected chi connectivity index (χ2v) is 6.89. The quantitative estimate of drug-likeness (QED) is 0.379. The summed E-state index contributed by atoms with van der Waals surface area (Å²) in [7, 11) is 0. The fourth-order valence-corrected chi connectivity index (χ4v) is 3.01. The van der Waals surface area contributed by atoms with Gasteiger partial charge in [-0.2, -0.15) is 5.26 Å². The lowest BCUT2D eigenvalue weighted by Gasteiger charge is -2.12. The first-order chi connectivity index (χ1) is 15.5. The van der Waals surface area contributed by atoms with Crippen LogP contribution in [0.1, 0.15) is 11.3 Å². The van der Waals surface area contributed by atoms with Crippen LogP contribution in [0.2, 0.25) is 0 Å². The molecular weight excluding hydrogens is 414 g/mol. The van der Waals surface area contributed by atoms with Crippen LogP contribution in [0.3, 0.4) is 0 Å². The molecule has 4 rings (SSSR count). The number of imidazole rings is 1. The average molecular weight is 432 g/mol. The molecule has 8 nitrogen and oxygen atoms in total. The smallest absolute Gasteiger partial charge is 0.223 e. The number of anilines is 2. The SMILES string of the molecule is Cc1cnc(-c2cnc(NCCNc3ccc(C#N)cn3)nc2-c2ccc(F)cc2F)[nH]1. The Morgan fingerprint density at radius 3 is 2.50 bits per heavy atom. The number of aromatic amines is 1. The van der Waals surface area contributed by atoms with E-state index in [1.807, 2.05) is 13.0 Å². The molecule has 3 aromatic heterocycles. The highest BCUT2D eigenvalue weighted by molar-refractivity contribution is 5.78. The molecule has 0 bridgehead atoms. The van der Waals surface area contributed by atoms with Crippen LogP contribution in [0.25, 0.3) is 22.6 Å². The summed E-state index contributed by atoms with van der Waals surface area (Å²) in [4.78, 5) is 20.3. The summed E-state index contributed by atoms with van der Waals surface area (Å²) in [5.41, 5.74) is 2.23. The van der Waals surface area contributed by atoms with Crippen molar-refractivity contribution in [3.63, 3.8) is 0 Å². The minimum Gasteiger partial charge on any atom is -0.368 e. The highest BCUT2D eigenvalue weighted by Crippen LogP contribution is 2.31. The van der Waals surface area contributed by atoms with E-state index in [0.29, 0.717) is 35.9 Å². The van der Waals surface area contributed by atoms with Crippen molar-refractivity contribution in [3.8, 4) is 28.7 Å². The fourth-order valence-electron chi connectivity index (χ4n) is 3.01. The van der Waals surface area contributed by atoms with Crippen LogP contribution in [-0.4, -0.2) is 38.0 Å². The van der Waals surface area contributed by atoms with Gasteiger partial charge in [0.2, 0.25) is 5.95 Å². The number of benzene rings is 1. The Morgan fingerprint density at radius 2 is 1.81 bits per heavy atom. The standard InChI is InChI=1S/C22H18F2N8/c1-13-10-29-21(31-13)17-12-30-22(32-20(17)16-4-3-15(23)8-18(16)24)27-7-6-26-19-5-2-14(9-25)11-28-19/h2-5,8,10-12H,6-7H2,1H3,(H,26,28)(H,29,31)(H,27,30,32). The summed E-state index contributed by atoms with van der Waals surface area (Å²) in [6.07, 6.45) is 4.67. The van der Waals surface area contributed by atoms with E-state index >= 15 is 0 Å². The van der Waals surface area contributed by atoms with Gasteiger partial charge in [0.1, 0.15) is 29.3 Å². The van der Waals surface area contributed by atoms with E-state index in [9.17, 15) is 8.78 Å². The Balaban J connectivity index is 1.53. The van der Waals surface area contributed by atoms with Crippen molar-refractivity contribution < 1.29 is 8.78 Å². The lowest BCUT2D eigenvalue weighted by molar-refractivity contribution is 0.585. The van der Waals surface area contributed by atoms with Crippen molar-refractivity contribution in [1.82, 2.24) is 24.9 Å². The normalized spacial score (nSPS) is 10.6. The zero-order valence-electron chi connectivity index (χ0n) is 17.0. The molecule has 0 spiro atoms. The molecule has 10 heteroatoms. The molecule has 0 aliphatic heterocycles. The number of pyridine rings is 1. The first-order valence-electron chi connectivity index (χ1n) is 9.72. The van der Waals surface area contributed by atoms with Crippen molar-refractivity contribution in [3.05, 3.63) is 71.8 Å². The summed E-state index contributed by atoms with van der Waals surface area (Å²) < 4.78 is 28.0. The zero-order valence-corrected chi connectivity index (χ0v) is 17.0. The second kappa shape index (κ2) is 9.18. The van der Waals surface area contributed by atoms with E-state index in [4.69, 9.17) is 5.26 Å². The van der Waals surface area contributed by atoms with Crippen LogP contribution in [0.5, 0.6) is 0 Å². The highest BCUT2D eigenvalue weighted by Gasteiger charge is 2.17. The van der Waals surface area contributed by atoms with Gasteiger partial charge in [-0.25, -0.2) is 28.7 Å². The lowest BCUT2D eigenvalue weighted by atomic mass is 10.1. The van der Waals surface area contributed by atoms with E-state index in [1.54, 1.807) is 24.5 Å². The minimum absolute atomic E-state index is 0.140. The van der Waals surface area contributed by atoms with E-state index in [2.05, 4.69) is 35.6 Å². The molecule has 0 saturated heterocycles. The van der Waals surface area contributed by atoms with E-state index in [0.717, 1.165) is 11.8 Å². The molecule has 0 unspecified atom stereocenters. The number of nitriles is 1. The second-order valence-electron chi connectivity index (χ2n) is 6.89. The molecule has 3 N–H and O–H groups in total. The monoisotopic (exact) mass is 432 g/mol. The number of aromatic nitrogens is 5. The van der Waals surface area contributed by atoms with Gasteiger partial charge in [0.15, 0.2) is 0 Å². The third-order valence-corrected chi connectivity index (χ3v) is 4.54. The van der Waals surface area contributed by atoms with Crippen molar-refractivity contribution in [1.29, 1.82) is 5.26 Å². The molecule has 0 fully saturated rings. The molecule has 32 heavy (non-hydrogen) atoms. The van der Waals surface area contributed by atoms with Gasteiger partial charge in [0.25, 0.3) is 0 Å². The van der Waals surface area contributed by atoms with Crippen LogP contribution in [0.15, 0.2) is 48.9 Å². The summed E-state index contributed by atoms with van der Waals surface area (Å²) in [5.74, 6) is 0.000250. The van der Waals surface area contributed by atoms with Gasteiger partial charge < -0.3 is 15.6 Å². The summed E-state index contributed by atoms with van der Waals surface area (Å²) in [6.45, 7) is 2.80. The lowest BCUT2D eigenvalue weighted by Crippen LogP contribution is -2.16. The van der Waals surface area contributed by atoms with Crippen molar-refractivity contribution in [2.24, 2.45) is 0 Å². The number of H-pyrrole nitrogens is 1. The maximum Gasteiger partial charge on any atom is 0.223 e. The predicted molar refractivity (Wildman–Crippen MR) is 116 cm³/mol. The number of aryl methyl sites for hydroxylation is 1. The molecule has 0 radical (unpaired) electrons. The Bertz CT molecular complexity index is 1280. The molecule has 0 aliphatic rings. The third kappa shape index (κ3) is 4.67. The van der Waals surface area contributed by atoms with E-state index in [1.165, 1.54) is 18.3 Å². The maximum absolute atomic E-state index is 14.5. The van der Waals surface area contributed by atoms with Gasteiger partial charge in [0.05, 0.1) is 16.8 Å². The van der Waals surface area contributed by atoms with Gasteiger partial charge in [-0.15, -0.1) is 0 Å². The fraction of sp³-hybridized carbons (Fsp3) is 0.136. The highest BCUT2D eigenvalue weighted by atomic mass is 19.1. The van der Waals surface area contributed by atoms with Gasteiger partial charge in [-0.3, -0.25) is 0 Å². The third-order valence-electron chi connectivity index (χ3n) is 4.54. The first kappa shape index (κ1) is 20.9. The molecule has 3 heterocycles. The summed E-state index contributed by atoms with van der Waals surface area (Å²) in [6, 6.07) is 8.73. The summed E-state index contributed by atoms with van der Waals surface area (Å²) in [5, 5.41) is 15.0. The van der Waals surface area contributed by atoms with E-state index in [-0.39, 0.29) is 17.2 Å². The average Bonchev–Trinajstić information content (AvgIpc) is 3.23. The minimum atomic E-state index is -0.729. The summed E-state index contributed by atoms with van der Waals surface area (Å²) >= 11 is 0. The van der Waals surface area contributed by atoms with Crippen LogP contribution in [0, 0.1) is 29.9 Å². The zero-order chi connectivity index (χ0) is 22.5. The van der Waals surface area contributed by atoms with Crippen molar-refractivity contribution >= 4 is 11.8 Å². The number of hydrogen-bond donors (Lipinski definition) is 3. The van der Waals surface area contributed by atoms with Crippen LogP contribution in [0.4, 0.5) is 20.5 Å². The number of nitrogens with zero attached hydrogens (tertiary/aromatic N) is 5. The molecule has 160 valence electrons. The van der Waals surface area contributed by atoms with Crippen molar-refractivity contribution in [2.45, 2.75) is 6.92 Å². The molecule has 4 aromatic rings. The van der Waals surface area contributed by atoms with Gasteiger partial charge in [0, 0.05) is 49.0 Å². The van der Waals surface area contributed by atoms with Crippen LogP contribution in [-0.2, 0) is 0 Å². The predicted octanol–water partition coefficient (Wildman–Crippen LogP) is 3.91. The van der Waals surface area contributed by atoms with Gasteiger partial charge >= 0.3 is 0 Å². The Morgan fingerprint density at radius 1 is 0.969 bits per heavy atom. The van der Waals surface area contributed by atoms with Crippen molar-refractivity contribution in [2.75, 3.05) is 23.7 Å². The van der Waals surface area contributed by atoms with Gasteiger partial charge in [-0.1, -0.05) is 0 Å². The molecule has 0 aliphatic carbocycles. The van der Waals surface area contributed by atoms with Crippen LogP contribution < -0.4 is 10.6 Å². The molecular formula is C22H18F2N8. The first-order valence-corrected chi connectivity index (χ1v) is 9.72. The molecule has 0 atom stereocenters. The molecule has 0 amide bonds. The number of halogens is 2. The topological polar surface area (TPSA) is 115 Å². The Kier molecular flexibility index (Phi) is 5.98. The van der Waals surface area contributed by atoms with Gasteiger partial charge in [-0.05, 0) is 31.2 Å².